The van der Waals surface area contributed by atoms with E-state index in [1.54, 1.807) is 7.11 Å². The predicted molar refractivity (Wildman–Crippen MR) is 78.2 cm³/mol. The molecule has 1 heterocycles. The van der Waals surface area contributed by atoms with Gasteiger partial charge in [0.05, 0.1) is 23.8 Å². The molecule has 110 valence electrons. The van der Waals surface area contributed by atoms with Gasteiger partial charge in [-0.15, -0.1) is 0 Å². The van der Waals surface area contributed by atoms with E-state index < -0.39 is 6.10 Å². The minimum absolute atomic E-state index is 0.0557. The second-order valence-corrected chi connectivity index (χ2v) is 6.38. The first-order valence-electron chi connectivity index (χ1n) is 7.29. The molecular formula is C16H21ClO3. The van der Waals surface area contributed by atoms with Gasteiger partial charge in [-0.25, -0.2) is 0 Å². The highest BCUT2D eigenvalue weighted by atomic mass is 35.5. The van der Waals surface area contributed by atoms with Crippen LogP contribution >= 0.6 is 11.6 Å². The molecule has 1 aromatic rings. The number of aliphatic hydroxyl groups excluding tert-OH is 1. The zero-order valence-corrected chi connectivity index (χ0v) is 12.5. The fourth-order valence-corrected chi connectivity index (χ4v) is 3.66. The summed E-state index contributed by atoms with van der Waals surface area (Å²) in [6, 6.07) is 5.53. The molecule has 0 amide bonds. The van der Waals surface area contributed by atoms with E-state index in [-0.39, 0.29) is 11.5 Å². The first kappa shape index (κ1) is 14.2. The first-order chi connectivity index (χ1) is 9.63. The van der Waals surface area contributed by atoms with Crippen LogP contribution in [0.15, 0.2) is 18.2 Å². The normalized spacial score (nSPS) is 26.1. The summed E-state index contributed by atoms with van der Waals surface area (Å²) < 4.78 is 11.1. The van der Waals surface area contributed by atoms with Crippen LogP contribution in [0.2, 0.25) is 5.02 Å². The van der Waals surface area contributed by atoms with Crippen molar-refractivity contribution >= 4 is 11.6 Å². The number of aliphatic hydroxyl groups is 1. The summed E-state index contributed by atoms with van der Waals surface area (Å²) in [4.78, 5) is 0. The third-order valence-electron chi connectivity index (χ3n) is 4.76. The summed E-state index contributed by atoms with van der Waals surface area (Å²) >= 11 is 6.15. The molecule has 3 nitrogen and oxygen atoms in total. The Morgan fingerprint density at radius 1 is 1.45 bits per heavy atom. The van der Waals surface area contributed by atoms with Gasteiger partial charge in [0.1, 0.15) is 5.75 Å². The van der Waals surface area contributed by atoms with Crippen molar-refractivity contribution in [3.8, 4) is 5.75 Å². The maximum Gasteiger partial charge on any atom is 0.137 e. The molecule has 1 saturated heterocycles. The SMILES string of the molecule is COc1ccc(C(O)C2CCOC3(CCC3)C2)cc1Cl. The van der Waals surface area contributed by atoms with E-state index in [2.05, 4.69) is 0 Å². The van der Waals surface area contributed by atoms with Crippen molar-refractivity contribution in [1.29, 1.82) is 0 Å². The molecule has 1 aliphatic carbocycles. The van der Waals surface area contributed by atoms with Crippen LogP contribution in [0.5, 0.6) is 5.75 Å². The van der Waals surface area contributed by atoms with E-state index in [1.807, 2.05) is 18.2 Å². The van der Waals surface area contributed by atoms with E-state index in [0.717, 1.165) is 37.9 Å². The molecule has 2 fully saturated rings. The van der Waals surface area contributed by atoms with Crippen molar-refractivity contribution in [3.05, 3.63) is 28.8 Å². The third kappa shape index (κ3) is 2.54. The van der Waals surface area contributed by atoms with Crippen molar-refractivity contribution in [1.82, 2.24) is 0 Å². The van der Waals surface area contributed by atoms with Gasteiger partial charge in [-0.1, -0.05) is 17.7 Å². The molecule has 2 unspecified atom stereocenters. The fourth-order valence-electron chi connectivity index (χ4n) is 3.39. The number of methoxy groups -OCH3 is 1. The average Bonchev–Trinajstić information content (AvgIpc) is 2.45. The van der Waals surface area contributed by atoms with Crippen molar-refractivity contribution in [2.24, 2.45) is 5.92 Å². The molecule has 4 heteroatoms. The van der Waals surface area contributed by atoms with Crippen LogP contribution in [0.25, 0.3) is 0 Å². The van der Waals surface area contributed by atoms with Gasteiger partial charge in [-0.2, -0.15) is 0 Å². The number of rotatable bonds is 3. The lowest BCUT2D eigenvalue weighted by Gasteiger charge is -2.48. The molecule has 0 aromatic heterocycles. The fraction of sp³-hybridized carbons (Fsp3) is 0.625. The van der Waals surface area contributed by atoms with Gasteiger partial charge in [0, 0.05) is 6.61 Å². The Morgan fingerprint density at radius 3 is 2.85 bits per heavy atom. The Balaban J connectivity index is 1.74. The third-order valence-corrected chi connectivity index (χ3v) is 5.06. The minimum atomic E-state index is -0.472. The lowest BCUT2D eigenvalue weighted by atomic mass is 9.70. The Hall–Kier alpha value is -0.770. The highest BCUT2D eigenvalue weighted by Crippen LogP contribution is 2.47. The zero-order valence-electron chi connectivity index (χ0n) is 11.8. The Labute approximate surface area is 124 Å². The van der Waals surface area contributed by atoms with Gasteiger partial charge in [-0.3, -0.25) is 0 Å². The molecule has 20 heavy (non-hydrogen) atoms. The topological polar surface area (TPSA) is 38.7 Å². The number of hydrogen-bond donors (Lipinski definition) is 1. The molecule has 1 aliphatic heterocycles. The lowest BCUT2D eigenvalue weighted by molar-refractivity contribution is -0.157. The lowest BCUT2D eigenvalue weighted by Crippen LogP contribution is -2.46. The van der Waals surface area contributed by atoms with Gasteiger partial charge in [0.2, 0.25) is 0 Å². The maximum atomic E-state index is 10.6. The van der Waals surface area contributed by atoms with Gasteiger partial charge < -0.3 is 14.6 Å². The Morgan fingerprint density at radius 2 is 2.25 bits per heavy atom. The van der Waals surface area contributed by atoms with Crippen molar-refractivity contribution in [3.63, 3.8) is 0 Å². The van der Waals surface area contributed by atoms with E-state index >= 15 is 0 Å². The van der Waals surface area contributed by atoms with Crippen LogP contribution in [0.1, 0.15) is 43.8 Å². The Kier molecular flexibility index (Phi) is 3.93. The summed E-state index contributed by atoms with van der Waals surface area (Å²) in [6.07, 6.45) is 4.92. The molecule has 3 rings (SSSR count). The molecule has 2 aliphatic rings. The van der Waals surface area contributed by atoms with Crippen LogP contribution < -0.4 is 4.74 Å². The monoisotopic (exact) mass is 296 g/mol. The van der Waals surface area contributed by atoms with Crippen molar-refractivity contribution < 1.29 is 14.6 Å². The smallest absolute Gasteiger partial charge is 0.137 e. The van der Waals surface area contributed by atoms with Crippen LogP contribution in [-0.4, -0.2) is 24.4 Å². The van der Waals surface area contributed by atoms with Crippen LogP contribution in [-0.2, 0) is 4.74 Å². The first-order valence-corrected chi connectivity index (χ1v) is 7.67. The summed E-state index contributed by atoms with van der Waals surface area (Å²) in [5.74, 6) is 0.901. The summed E-state index contributed by atoms with van der Waals surface area (Å²) in [5, 5.41) is 11.2. The van der Waals surface area contributed by atoms with Crippen LogP contribution in [0.3, 0.4) is 0 Å². The molecule has 2 atom stereocenters. The van der Waals surface area contributed by atoms with E-state index in [9.17, 15) is 5.11 Å². The molecule has 0 bridgehead atoms. The Bertz CT molecular complexity index is 485. The molecule has 0 radical (unpaired) electrons. The standard InChI is InChI=1S/C16H21ClO3/c1-19-14-4-3-11(9-13(14)17)15(18)12-5-8-20-16(10-12)6-2-7-16/h3-4,9,12,15,18H,2,5-8,10H2,1H3. The summed E-state index contributed by atoms with van der Waals surface area (Å²) in [6.45, 7) is 0.756. The largest absolute Gasteiger partial charge is 0.495 e. The van der Waals surface area contributed by atoms with E-state index in [0.29, 0.717) is 10.8 Å². The van der Waals surface area contributed by atoms with Crippen LogP contribution in [0, 0.1) is 5.92 Å². The van der Waals surface area contributed by atoms with Crippen molar-refractivity contribution in [2.75, 3.05) is 13.7 Å². The van der Waals surface area contributed by atoms with Crippen LogP contribution in [0.4, 0.5) is 0 Å². The second kappa shape index (κ2) is 5.55. The highest BCUT2D eigenvalue weighted by Gasteiger charge is 2.44. The molecular weight excluding hydrogens is 276 g/mol. The molecule has 1 saturated carbocycles. The van der Waals surface area contributed by atoms with Gasteiger partial charge in [-0.05, 0) is 55.7 Å². The molecule has 1 aromatic carbocycles. The molecule has 1 N–H and O–H groups in total. The molecule has 1 spiro atoms. The predicted octanol–water partition coefficient (Wildman–Crippen LogP) is 3.73. The summed E-state index contributed by atoms with van der Waals surface area (Å²) in [7, 11) is 1.59. The average molecular weight is 297 g/mol. The highest BCUT2D eigenvalue weighted by molar-refractivity contribution is 6.32. The number of halogens is 1. The maximum absolute atomic E-state index is 10.6. The zero-order chi connectivity index (χ0) is 14.2. The van der Waals surface area contributed by atoms with Gasteiger partial charge >= 0.3 is 0 Å². The number of hydrogen-bond acceptors (Lipinski definition) is 3. The van der Waals surface area contributed by atoms with E-state index in [4.69, 9.17) is 21.1 Å². The second-order valence-electron chi connectivity index (χ2n) is 5.98. The minimum Gasteiger partial charge on any atom is -0.495 e. The summed E-state index contributed by atoms with van der Waals surface area (Å²) in [5.41, 5.74) is 0.928. The van der Waals surface area contributed by atoms with E-state index in [1.165, 1.54) is 6.42 Å². The van der Waals surface area contributed by atoms with Gasteiger partial charge in [0.15, 0.2) is 0 Å². The number of benzene rings is 1. The van der Waals surface area contributed by atoms with Gasteiger partial charge in [0.25, 0.3) is 0 Å². The van der Waals surface area contributed by atoms with Crippen molar-refractivity contribution in [2.45, 2.75) is 43.8 Å². The number of ether oxygens (including phenoxy) is 2. The quantitative estimate of drug-likeness (QED) is 0.923.